The van der Waals surface area contributed by atoms with E-state index in [0.29, 0.717) is 6.04 Å². The Morgan fingerprint density at radius 3 is 1.91 bits per heavy atom. The Balaban J connectivity index is -0.000000132. The number of unbranched alkanes of at least 4 members (excludes halogenated alkanes) is 5. The van der Waals surface area contributed by atoms with E-state index in [0.717, 1.165) is 19.5 Å². The van der Waals surface area contributed by atoms with Crippen LogP contribution in [0.15, 0.2) is 25.3 Å². The molecule has 0 atom stereocenters. The van der Waals surface area contributed by atoms with Crippen molar-refractivity contribution < 1.29 is 0 Å². The summed E-state index contributed by atoms with van der Waals surface area (Å²) in [5.74, 6) is 0. The lowest BCUT2D eigenvalue weighted by Gasteiger charge is -2.13. The zero-order valence-electron chi connectivity index (χ0n) is 24.9. The first kappa shape index (κ1) is 42.7. The second-order valence-electron chi connectivity index (χ2n) is 7.79. The normalized spacial score (nSPS) is 8.43. The topological polar surface area (TPSA) is 66.8 Å². The van der Waals surface area contributed by atoms with Gasteiger partial charge in [-0.25, -0.2) is 0 Å². The number of nitrogens with two attached hydrogens (primary N) is 1. The third kappa shape index (κ3) is 31.6. The van der Waals surface area contributed by atoms with E-state index in [2.05, 4.69) is 96.2 Å². The summed E-state index contributed by atoms with van der Waals surface area (Å²) in [6.07, 6.45) is 23.5. The number of hydrogen-bond acceptors (Lipinski definition) is 3. The lowest BCUT2D eigenvalue weighted by atomic mass is 10.2. The second kappa shape index (κ2) is 38.8. The molecule has 35 heavy (non-hydrogen) atoms. The van der Waals surface area contributed by atoms with Crippen LogP contribution in [0.4, 0.5) is 0 Å². The van der Waals surface area contributed by atoms with Gasteiger partial charge in [0.15, 0.2) is 6.19 Å². The largest absolute Gasteiger partial charge is 0.344 e. The number of nitriles is 1. The van der Waals surface area contributed by atoms with Gasteiger partial charge in [-0.05, 0) is 43.9 Å². The molecule has 0 spiro atoms. The average molecular weight is 489 g/mol. The molecule has 0 bridgehead atoms. The highest BCUT2D eigenvalue weighted by Gasteiger charge is 2.08. The summed E-state index contributed by atoms with van der Waals surface area (Å²) in [4.78, 5) is 0. The molecule has 0 aliphatic rings. The molecule has 0 aliphatic heterocycles. The minimum Gasteiger partial charge on any atom is -0.344 e. The number of nitrogens with zero attached hydrogens (tertiary/aromatic N) is 2. The van der Waals surface area contributed by atoms with Gasteiger partial charge in [-0.2, -0.15) is 5.26 Å². The molecule has 0 saturated heterocycles. The van der Waals surface area contributed by atoms with Crippen molar-refractivity contribution in [3.63, 3.8) is 0 Å². The summed E-state index contributed by atoms with van der Waals surface area (Å²) in [5.41, 5.74) is 8.15. The second-order valence-corrected chi connectivity index (χ2v) is 7.79. The molecule has 1 heterocycles. The van der Waals surface area contributed by atoms with Crippen LogP contribution in [-0.4, -0.2) is 17.2 Å². The zero-order valence-corrected chi connectivity index (χ0v) is 24.9. The van der Waals surface area contributed by atoms with Crippen molar-refractivity contribution in [3.8, 4) is 19.0 Å². The molecule has 3 N–H and O–H groups in total. The van der Waals surface area contributed by atoms with Crippen LogP contribution in [-0.2, 0) is 13.0 Å². The lowest BCUT2D eigenvalue weighted by molar-refractivity contribution is 0.533. The third-order valence-electron chi connectivity index (χ3n) is 4.63. The Morgan fingerprint density at radius 2 is 1.57 bits per heavy atom. The van der Waals surface area contributed by atoms with Crippen LogP contribution in [0, 0.1) is 31.2 Å². The van der Waals surface area contributed by atoms with Crippen LogP contribution in [0.2, 0.25) is 0 Å². The van der Waals surface area contributed by atoms with E-state index < -0.39 is 0 Å². The van der Waals surface area contributed by atoms with Crippen molar-refractivity contribution >= 4 is 6.08 Å². The smallest absolute Gasteiger partial charge is 0.173 e. The molecule has 0 aliphatic carbocycles. The van der Waals surface area contributed by atoms with Crippen LogP contribution >= 0.6 is 0 Å². The van der Waals surface area contributed by atoms with Crippen LogP contribution in [0.3, 0.4) is 0 Å². The van der Waals surface area contributed by atoms with E-state index in [1.54, 1.807) is 0 Å². The lowest BCUT2D eigenvalue weighted by Crippen LogP contribution is -2.27. The van der Waals surface area contributed by atoms with Crippen LogP contribution in [0.1, 0.15) is 117 Å². The predicted octanol–water partition coefficient (Wildman–Crippen LogP) is 8.65. The summed E-state index contributed by atoms with van der Waals surface area (Å²) in [6, 6.07) is 2.82. The molecule has 0 aromatic carbocycles. The molecule has 4 heteroatoms. The van der Waals surface area contributed by atoms with Crippen molar-refractivity contribution in [1.82, 2.24) is 9.88 Å². The van der Waals surface area contributed by atoms with Gasteiger partial charge in [-0.3, -0.25) is 0 Å². The molecular weight excluding hydrogens is 428 g/mol. The zero-order chi connectivity index (χ0) is 28.5. The fourth-order valence-electron chi connectivity index (χ4n) is 2.78. The number of aryl methyl sites for hydroxylation is 2. The minimum atomic E-state index is 0.550. The van der Waals surface area contributed by atoms with Gasteiger partial charge in [0, 0.05) is 30.5 Å². The Morgan fingerprint density at radius 1 is 1.06 bits per heavy atom. The van der Waals surface area contributed by atoms with Gasteiger partial charge < -0.3 is 15.6 Å². The first-order valence-electron chi connectivity index (χ1n) is 13.4. The molecule has 1 rings (SSSR count). The fraction of sp³-hybridized carbons (Fsp3) is 0.645. The Kier molecular flexibility index (Phi) is 47.4. The molecule has 0 unspecified atom stereocenters. The molecular formula is C31H60N4. The van der Waals surface area contributed by atoms with Crippen molar-refractivity contribution in [2.24, 2.45) is 5.73 Å². The van der Waals surface area contributed by atoms with Crippen LogP contribution in [0.25, 0.3) is 6.08 Å². The van der Waals surface area contributed by atoms with E-state index >= 15 is 0 Å². The number of hydrogen-bond donors (Lipinski definition) is 2. The molecule has 204 valence electrons. The van der Waals surface area contributed by atoms with Crippen molar-refractivity contribution in [2.75, 3.05) is 6.54 Å². The minimum absolute atomic E-state index is 0.550. The third-order valence-corrected chi connectivity index (χ3v) is 4.63. The molecule has 0 amide bonds. The molecule has 0 saturated carbocycles. The Hall–Kier alpha value is -2.43. The van der Waals surface area contributed by atoms with Crippen molar-refractivity contribution in [1.29, 1.82) is 5.26 Å². The standard InChI is InChI=1S/C14H24N2.C8H16.C4H10.C2H6.C2H2.CH2N2/c1-6-13-10-12(5)14(7-2)16(13)9-8-15-11(3)4;1-3-5-7-8-6-4-2;1-3-4-2;2*1-2;2-1-3/h7,10-11,15H,2,6,8-9H2,1,3-5H3;3H,1,4-8H2,2H3;3-4H2,1-2H3;1-2H3;1-2H;2H2. The molecule has 1 aromatic heterocycles. The van der Waals surface area contributed by atoms with E-state index in [4.69, 9.17) is 5.26 Å². The molecule has 0 fully saturated rings. The maximum absolute atomic E-state index is 7.10. The summed E-state index contributed by atoms with van der Waals surface area (Å²) in [5, 5.41) is 10.5. The van der Waals surface area contributed by atoms with Crippen LogP contribution < -0.4 is 11.1 Å². The van der Waals surface area contributed by atoms with Crippen molar-refractivity contribution in [2.45, 2.75) is 126 Å². The summed E-state index contributed by atoms with van der Waals surface area (Å²) < 4.78 is 2.37. The number of nitrogens with one attached hydrogen (secondary N) is 1. The fourth-order valence-corrected chi connectivity index (χ4v) is 2.78. The first-order valence-corrected chi connectivity index (χ1v) is 13.4. The van der Waals surface area contributed by atoms with Crippen molar-refractivity contribution in [3.05, 3.63) is 42.3 Å². The predicted molar refractivity (Wildman–Crippen MR) is 162 cm³/mol. The number of rotatable bonds is 12. The Labute approximate surface area is 221 Å². The average Bonchev–Trinajstić information content (AvgIpc) is 3.19. The summed E-state index contributed by atoms with van der Waals surface area (Å²) >= 11 is 0. The van der Waals surface area contributed by atoms with Gasteiger partial charge in [0.1, 0.15) is 0 Å². The van der Waals surface area contributed by atoms with E-state index in [1.165, 1.54) is 68.1 Å². The summed E-state index contributed by atoms with van der Waals surface area (Å²) in [6.45, 7) is 28.9. The SMILES string of the molecule is C#C.C=CCCCCCC.C=Cc1c(C)cc(CC)n1CCNC(C)C.CC.CCCC.N#CN. The van der Waals surface area contributed by atoms with Gasteiger partial charge in [0.25, 0.3) is 0 Å². The quantitative estimate of drug-likeness (QED) is 0.102. The highest BCUT2D eigenvalue weighted by Crippen LogP contribution is 2.17. The first-order chi connectivity index (χ1) is 16.8. The van der Waals surface area contributed by atoms with Gasteiger partial charge in [-0.1, -0.05) is 100 Å². The van der Waals surface area contributed by atoms with E-state index in [-0.39, 0.29) is 0 Å². The van der Waals surface area contributed by atoms with E-state index in [1.807, 2.05) is 26.0 Å². The molecule has 4 nitrogen and oxygen atoms in total. The highest BCUT2D eigenvalue weighted by molar-refractivity contribution is 5.49. The van der Waals surface area contributed by atoms with E-state index in [9.17, 15) is 0 Å². The number of terminal acetylenes is 1. The highest BCUT2D eigenvalue weighted by atomic mass is 15.0. The van der Waals surface area contributed by atoms with Gasteiger partial charge in [0.2, 0.25) is 0 Å². The maximum atomic E-state index is 7.10. The Bertz CT molecular complexity index is 601. The monoisotopic (exact) mass is 488 g/mol. The van der Waals surface area contributed by atoms with Gasteiger partial charge in [0.05, 0.1) is 0 Å². The van der Waals surface area contributed by atoms with Gasteiger partial charge >= 0.3 is 0 Å². The van der Waals surface area contributed by atoms with Gasteiger partial charge in [-0.15, -0.1) is 19.4 Å². The van der Waals surface area contributed by atoms with Crippen LogP contribution in [0.5, 0.6) is 0 Å². The number of allylic oxidation sites excluding steroid dienone is 1. The molecule has 0 radical (unpaired) electrons. The molecule has 1 aromatic rings. The maximum Gasteiger partial charge on any atom is 0.173 e. The number of aromatic nitrogens is 1. The summed E-state index contributed by atoms with van der Waals surface area (Å²) in [7, 11) is 0.